The molecule has 1 aliphatic carbocycles. The first kappa shape index (κ1) is 37.4. The van der Waals surface area contributed by atoms with Gasteiger partial charge in [-0.25, -0.2) is 0 Å². The Bertz CT molecular complexity index is 672. The predicted molar refractivity (Wildman–Crippen MR) is 178 cm³/mol. The maximum absolute atomic E-state index is 12.1. The molecule has 0 aromatic carbocycles. The summed E-state index contributed by atoms with van der Waals surface area (Å²) in [5.74, 6) is -0.0683. The lowest BCUT2D eigenvalue weighted by molar-refractivity contribution is -0.118. The van der Waals surface area contributed by atoms with Gasteiger partial charge in [0.1, 0.15) is 0 Å². The molecule has 0 saturated heterocycles. The van der Waals surface area contributed by atoms with E-state index in [0.717, 1.165) is 32.1 Å². The van der Waals surface area contributed by atoms with Crippen LogP contribution >= 0.6 is 0 Å². The molecule has 1 aliphatic rings. The highest BCUT2D eigenvalue weighted by Gasteiger charge is 2.38. The van der Waals surface area contributed by atoms with E-state index in [0.29, 0.717) is 0 Å². The molecule has 0 aliphatic heterocycles. The van der Waals surface area contributed by atoms with Gasteiger partial charge in [-0.3, -0.25) is 9.59 Å². The van der Waals surface area contributed by atoms with Crippen LogP contribution in [0.2, 0.25) is 0 Å². The zero-order chi connectivity index (χ0) is 29.6. The van der Waals surface area contributed by atoms with Crippen molar-refractivity contribution in [1.82, 2.24) is 10.6 Å². The van der Waals surface area contributed by atoms with Gasteiger partial charge in [0.2, 0.25) is 11.8 Å². The van der Waals surface area contributed by atoms with Gasteiger partial charge in [-0.15, -0.1) is 0 Å². The Morgan fingerprint density at radius 1 is 0.463 bits per heavy atom. The van der Waals surface area contributed by atoms with Gasteiger partial charge in [0, 0.05) is 0 Å². The third-order valence-corrected chi connectivity index (χ3v) is 8.43. The summed E-state index contributed by atoms with van der Waals surface area (Å²) in [6.07, 6.45) is 42.6. The molecule has 0 heterocycles. The third-order valence-electron chi connectivity index (χ3n) is 8.43. The van der Waals surface area contributed by atoms with Crippen LogP contribution in [0.3, 0.4) is 0 Å². The number of nitrogens with one attached hydrogen (secondary N) is 2. The van der Waals surface area contributed by atoms with Crippen molar-refractivity contribution in [2.45, 2.75) is 199 Å². The monoisotopic (exact) mass is 573 g/mol. The smallest absolute Gasteiger partial charge is 0.243 e. The van der Waals surface area contributed by atoms with Crippen LogP contribution in [0.15, 0.2) is 24.3 Å². The molecule has 2 amide bonds. The van der Waals surface area contributed by atoms with E-state index in [1.165, 1.54) is 141 Å². The van der Waals surface area contributed by atoms with Gasteiger partial charge in [0.05, 0.1) is 12.1 Å². The van der Waals surface area contributed by atoms with Gasteiger partial charge in [-0.2, -0.15) is 0 Å². The van der Waals surface area contributed by atoms with Crippen LogP contribution in [-0.4, -0.2) is 23.9 Å². The highest BCUT2D eigenvalue weighted by molar-refractivity contribution is 5.89. The summed E-state index contributed by atoms with van der Waals surface area (Å²) >= 11 is 0. The van der Waals surface area contributed by atoms with Crippen molar-refractivity contribution in [2.75, 3.05) is 0 Å². The Balaban J connectivity index is 1.87. The van der Waals surface area contributed by atoms with E-state index < -0.39 is 0 Å². The van der Waals surface area contributed by atoms with E-state index in [4.69, 9.17) is 0 Å². The van der Waals surface area contributed by atoms with E-state index in [1.807, 2.05) is 12.2 Å². The van der Waals surface area contributed by atoms with Crippen LogP contribution in [-0.2, 0) is 9.59 Å². The van der Waals surface area contributed by atoms with Crippen molar-refractivity contribution >= 4 is 11.8 Å². The molecule has 1 rings (SSSR count). The quantitative estimate of drug-likeness (QED) is 0.0664. The molecule has 0 radical (unpaired) electrons. The summed E-state index contributed by atoms with van der Waals surface area (Å²) in [5, 5.41) is 6.02. The van der Waals surface area contributed by atoms with Crippen molar-refractivity contribution in [1.29, 1.82) is 0 Å². The molecule has 0 spiro atoms. The van der Waals surface area contributed by atoms with Gasteiger partial charge >= 0.3 is 0 Å². The summed E-state index contributed by atoms with van der Waals surface area (Å²) in [5.41, 5.74) is 0. The SMILES string of the molecule is CCCCCCCCCCCCCC=CC(=O)NC1CC1NC(=O)C=CCCCCCCCCCCCCCCC. The second-order valence-electron chi connectivity index (χ2n) is 12.6. The Morgan fingerprint density at radius 2 is 0.732 bits per heavy atom. The zero-order valence-electron chi connectivity index (χ0n) is 27.4. The molecule has 1 fully saturated rings. The first-order chi connectivity index (χ1) is 20.2. The molecule has 4 heteroatoms. The minimum atomic E-state index is -0.0345. The van der Waals surface area contributed by atoms with Gasteiger partial charge in [-0.1, -0.05) is 167 Å². The fourth-order valence-electron chi connectivity index (χ4n) is 5.56. The Labute approximate surface area is 255 Å². The fraction of sp³-hybridized carbons (Fsp3) is 0.838. The summed E-state index contributed by atoms with van der Waals surface area (Å²) < 4.78 is 0. The largest absolute Gasteiger partial charge is 0.348 e. The average molecular weight is 573 g/mol. The molecule has 0 aromatic rings. The van der Waals surface area contributed by atoms with Gasteiger partial charge in [-0.05, 0) is 44.3 Å². The van der Waals surface area contributed by atoms with Crippen molar-refractivity contribution in [2.24, 2.45) is 0 Å². The van der Waals surface area contributed by atoms with Gasteiger partial charge in [0.25, 0.3) is 0 Å². The average Bonchev–Trinajstić information content (AvgIpc) is 3.69. The first-order valence-corrected chi connectivity index (χ1v) is 18.1. The maximum atomic E-state index is 12.1. The van der Waals surface area contributed by atoms with E-state index >= 15 is 0 Å². The molecule has 2 unspecified atom stereocenters. The molecule has 4 nitrogen and oxygen atoms in total. The Kier molecular flexibility index (Phi) is 26.1. The van der Waals surface area contributed by atoms with E-state index in [-0.39, 0.29) is 23.9 Å². The number of allylic oxidation sites excluding steroid dienone is 2. The fourth-order valence-corrected chi connectivity index (χ4v) is 5.56. The molecule has 2 atom stereocenters. The maximum Gasteiger partial charge on any atom is 0.243 e. The molecule has 2 N–H and O–H groups in total. The summed E-state index contributed by atoms with van der Waals surface area (Å²) in [6, 6.07) is 0.153. The molecular weight excluding hydrogens is 504 g/mol. The minimum absolute atomic E-state index is 0.0338. The van der Waals surface area contributed by atoms with Crippen molar-refractivity contribution in [3.63, 3.8) is 0 Å². The lowest BCUT2D eigenvalue weighted by Gasteiger charge is -2.03. The number of hydrogen-bond donors (Lipinski definition) is 2. The summed E-state index contributed by atoms with van der Waals surface area (Å²) in [4.78, 5) is 24.3. The van der Waals surface area contributed by atoms with Crippen molar-refractivity contribution in [3.05, 3.63) is 24.3 Å². The number of carbonyl (C=O) groups excluding carboxylic acids is 2. The lowest BCUT2D eigenvalue weighted by Crippen LogP contribution is -2.33. The topological polar surface area (TPSA) is 58.2 Å². The van der Waals surface area contributed by atoms with Crippen LogP contribution < -0.4 is 10.6 Å². The Hall–Kier alpha value is -1.58. The lowest BCUT2D eigenvalue weighted by atomic mass is 10.0. The van der Waals surface area contributed by atoms with Crippen LogP contribution in [0, 0.1) is 0 Å². The predicted octanol–water partition coefficient (Wildman–Crippen LogP) is 10.7. The number of rotatable bonds is 30. The number of carbonyl (C=O) groups is 2. The summed E-state index contributed by atoms with van der Waals surface area (Å²) in [7, 11) is 0. The minimum Gasteiger partial charge on any atom is -0.348 e. The van der Waals surface area contributed by atoms with E-state index in [9.17, 15) is 9.59 Å². The third kappa shape index (κ3) is 25.8. The number of hydrogen-bond acceptors (Lipinski definition) is 2. The molecular formula is C37H68N2O2. The highest BCUT2D eigenvalue weighted by atomic mass is 16.2. The molecule has 41 heavy (non-hydrogen) atoms. The van der Waals surface area contributed by atoms with Crippen LogP contribution in [0.4, 0.5) is 0 Å². The zero-order valence-corrected chi connectivity index (χ0v) is 27.4. The Morgan fingerprint density at radius 3 is 1.02 bits per heavy atom. The van der Waals surface area contributed by atoms with Crippen LogP contribution in [0.5, 0.6) is 0 Å². The number of unbranched alkanes of at least 4 members (excludes halogenated alkanes) is 24. The highest BCUT2D eigenvalue weighted by Crippen LogP contribution is 2.21. The molecule has 0 aromatic heterocycles. The molecule has 0 bridgehead atoms. The van der Waals surface area contributed by atoms with Crippen molar-refractivity contribution < 1.29 is 9.59 Å². The second-order valence-corrected chi connectivity index (χ2v) is 12.6. The van der Waals surface area contributed by atoms with E-state index in [2.05, 4.69) is 24.5 Å². The molecule has 238 valence electrons. The standard InChI is InChI=1S/C37H68N2O2/c1-3-5-7-9-11-13-15-17-18-20-22-24-26-28-30-32-37(41)39-35-33-34(35)38-36(40)31-29-27-25-23-21-19-16-14-12-10-8-6-4-2/h29-32,34-35H,3-28,33H2,1-2H3,(H,38,40)(H,39,41). The van der Waals surface area contributed by atoms with Crippen LogP contribution in [0.25, 0.3) is 0 Å². The van der Waals surface area contributed by atoms with Crippen molar-refractivity contribution in [3.8, 4) is 0 Å². The molecule has 1 saturated carbocycles. The first-order valence-electron chi connectivity index (χ1n) is 18.1. The second kappa shape index (κ2) is 28.5. The van der Waals surface area contributed by atoms with Crippen LogP contribution in [0.1, 0.15) is 187 Å². The van der Waals surface area contributed by atoms with E-state index in [1.54, 1.807) is 12.2 Å². The van der Waals surface area contributed by atoms with Gasteiger partial charge < -0.3 is 10.6 Å². The number of amides is 2. The van der Waals surface area contributed by atoms with Gasteiger partial charge in [0.15, 0.2) is 0 Å². The summed E-state index contributed by atoms with van der Waals surface area (Å²) in [6.45, 7) is 4.55. The normalized spacial score (nSPS) is 16.5.